The van der Waals surface area contributed by atoms with Crippen LogP contribution in [0.3, 0.4) is 0 Å². The molecule has 0 N–H and O–H groups in total. The Morgan fingerprint density at radius 3 is 2.24 bits per heavy atom. The zero-order valence-corrected chi connectivity index (χ0v) is 12.6. The Kier molecular flexibility index (Phi) is 6.75. The quantitative estimate of drug-likeness (QED) is 0.690. The van der Waals surface area contributed by atoms with E-state index in [9.17, 15) is 0 Å². The van der Waals surface area contributed by atoms with Gasteiger partial charge in [0.2, 0.25) is 0 Å². The van der Waals surface area contributed by atoms with E-state index < -0.39 is 0 Å². The third kappa shape index (κ3) is 4.40. The highest BCUT2D eigenvalue weighted by molar-refractivity contribution is 9.09. The number of rotatable bonds is 7. The van der Waals surface area contributed by atoms with Gasteiger partial charge in [-0.1, -0.05) is 27.5 Å². The maximum absolute atomic E-state index is 6.22. The first kappa shape index (κ1) is 14.7. The van der Waals surface area contributed by atoms with Gasteiger partial charge in [-0.3, -0.25) is 0 Å². The number of halogens is 2. The third-order valence-corrected chi connectivity index (χ3v) is 3.20. The van der Waals surface area contributed by atoms with Crippen LogP contribution in [0.5, 0.6) is 11.5 Å². The molecule has 0 amide bonds. The first-order valence-electron chi connectivity index (χ1n) is 5.86. The summed E-state index contributed by atoms with van der Waals surface area (Å²) in [6.45, 7) is 5.14. The Labute approximate surface area is 116 Å². The number of alkyl halides is 1. The molecule has 1 aromatic carbocycles. The molecule has 4 heteroatoms. The predicted octanol–water partition coefficient (Wildman–Crippen LogP) is 4.46. The zero-order valence-electron chi connectivity index (χ0n) is 10.3. The van der Waals surface area contributed by atoms with Gasteiger partial charge in [0.25, 0.3) is 0 Å². The van der Waals surface area contributed by atoms with Crippen LogP contribution in [0.1, 0.15) is 25.8 Å². The molecule has 17 heavy (non-hydrogen) atoms. The van der Waals surface area contributed by atoms with Crippen LogP contribution < -0.4 is 9.47 Å². The molecule has 2 nitrogen and oxygen atoms in total. The zero-order chi connectivity index (χ0) is 12.7. The second kappa shape index (κ2) is 7.83. The fourth-order valence-corrected chi connectivity index (χ4v) is 2.09. The van der Waals surface area contributed by atoms with Gasteiger partial charge >= 0.3 is 0 Å². The maximum Gasteiger partial charge on any atom is 0.162 e. The molecular formula is C13H18BrClO2. The van der Waals surface area contributed by atoms with E-state index in [0.29, 0.717) is 13.2 Å². The predicted molar refractivity (Wildman–Crippen MR) is 75.9 cm³/mol. The van der Waals surface area contributed by atoms with Gasteiger partial charge in [0.05, 0.1) is 13.2 Å². The fourth-order valence-electron chi connectivity index (χ4n) is 1.56. The second-order valence-corrected chi connectivity index (χ2v) is 4.75. The summed E-state index contributed by atoms with van der Waals surface area (Å²) in [6.07, 6.45) is 2.00. The van der Waals surface area contributed by atoms with Crippen molar-refractivity contribution in [2.24, 2.45) is 0 Å². The lowest BCUT2D eigenvalue weighted by molar-refractivity contribution is 0.287. The Morgan fingerprint density at radius 1 is 1.12 bits per heavy atom. The summed E-state index contributed by atoms with van der Waals surface area (Å²) >= 11 is 9.64. The minimum atomic E-state index is 0.608. The van der Waals surface area contributed by atoms with Crippen LogP contribution in [-0.4, -0.2) is 18.5 Å². The van der Waals surface area contributed by atoms with E-state index >= 15 is 0 Å². The van der Waals surface area contributed by atoms with Crippen molar-refractivity contribution < 1.29 is 9.47 Å². The van der Waals surface area contributed by atoms with E-state index in [4.69, 9.17) is 21.1 Å². The first-order chi connectivity index (χ1) is 8.22. The minimum Gasteiger partial charge on any atom is -0.490 e. The molecule has 0 heterocycles. The molecule has 0 spiro atoms. The van der Waals surface area contributed by atoms with Gasteiger partial charge in [-0.05, 0) is 38.3 Å². The van der Waals surface area contributed by atoms with Crippen LogP contribution >= 0.6 is 27.5 Å². The van der Waals surface area contributed by atoms with Crippen molar-refractivity contribution in [2.75, 3.05) is 18.5 Å². The van der Waals surface area contributed by atoms with E-state index in [1.165, 1.54) is 0 Å². The summed E-state index contributed by atoms with van der Waals surface area (Å²) in [5, 5.41) is 1.72. The van der Waals surface area contributed by atoms with E-state index in [2.05, 4.69) is 15.9 Å². The lowest BCUT2D eigenvalue weighted by Crippen LogP contribution is -2.00. The van der Waals surface area contributed by atoms with Crippen molar-refractivity contribution in [3.05, 3.63) is 22.7 Å². The highest BCUT2D eigenvalue weighted by atomic mass is 79.9. The summed E-state index contributed by atoms with van der Waals surface area (Å²) in [6, 6.07) is 3.83. The molecule has 0 saturated heterocycles. The van der Waals surface area contributed by atoms with Gasteiger partial charge < -0.3 is 9.47 Å². The Morgan fingerprint density at radius 2 is 1.71 bits per heavy atom. The normalized spacial score (nSPS) is 10.4. The highest BCUT2D eigenvalue weighted by Crippen LogP contribution is 2.34. The molecule has 0 saturated carbocycles. The average Bonchev–Trinajstić information content (AvgIpc) is 2.31. The smallest absolute Gasteiger partial charge is 0.162 e. The Bertz CT molecular complexity index is 356. The van der Waals surface area contributed by atoms with Crippen LogP contribution in [0.15, 0.2) is 12.1 Å². The molecule has 96 valence electrons. The molecule has 0 bridgehead atoms. The molecule has 1 aromatic rings. The number of benzene rings is 1. The molecule has 0 atom stereocenters. The summed E-state index contributed by atoms with van der Waals surface area (Å²) in [5.74, 6) is 1.50. The lowest BCUT2D eigenvalue weighted by atomic mass is 10.1. The van der Waals surface area contributed by atoms with Gasteiger partial charge in [-0.15, -0.1) is 0 Å². The van der Waals surface area contributed by atoms with E-state index in [1.54, 1.807) is 0 Å². The Balaban J connectivity index is 2.96. The summed E-state index contributed by atoms with van der Waals surface area (Å²) in [4.78, 5) is 0. The molecule has 1 rings (SSSR count). The largest absolute Gasteiger partial charge is 0.490 e. The van der Waals surface area contributed by atoms with Gasteiger partial charge in [0.15, 0.2) is 11.5 Å². The van der Waals surface area contributed by atoms with Gasteiger partial charge in [0, 0.05) is 16.4 Å². The van der Waals surface area contributed by atoms with Crippen LogP contribution in [0.25, 0.3) is 0 Å². The van der Waals surface area contributed by atoms with E-state index in [1.807, 2.05) is 26.0 Å². The van der Waals surface area contributed by atoms with Crippen molar-refractivity contribution >= 4 is 27.5 Å². The monoisotopic (exact) mass is 320 g/mol. The van der Waals surface area contributed by atoms with E-state index in [0.717, 1.165) is 40.3 Å². The van der Waals surface area contributed by atoms with Gasteiger partial charge in [-0.25, -0.2) is 0 Å². The molecule has 0 aliphatic heterocycles. The molecular weight excluding hydrogens is 303 g/mol. The third-order valence-electron chi connectivity index (χ3n) is 2.29. The average molecular weight is 322 g/mol. The van der Waals surface area contributed by atoms with Gasteiger partial charge in [-0.2, -0.15) is 0 Å². The number of hydrogen-bond acceptors (Lipinski definition) is 2. The topological polar surface area (TPSA) is 18.5 Å². The minimum absolute atomic E-state index is 0.608. The molecule has 0 aromatic heterocycles. The number of ether oxygens (including phenoxy) is 2. The van der Waals surface area contributed by atoms with E-state index in [-0.39, 0.29) is 0 Å². The maximum atomic E-state index is 6.22. The van der Waals surface area contributed by atoms with Crippen molar-refractivity contribution in [1.82, 2.24) is 0 Å². The molecule has 0 aliphatic rings. The molecule has 0 aliphatic carbocycles. The highest BCUT2D eigenvalue weighted by Gasteiger charge is 2.10. The van der Waals surface area contributed by atoms with Crippen LogP contribution in [0, 0.1) is 0 Å². The summed E-state index contributed by atoms with van der Waals surface area (Å²) in [7, 11) is 0. The van der Waals surface area contributed by atoms with Crippen molar-refractivity contribution in [3.8, 4) is 11.5 Å². The van der Waals surface area contributed by atoms with Gasteiger partial charge in [0.1, 0.15) is 0 Å². The molecule has 0 radical (unpaired) electrons. The fraction of sp³-hybridized carbons (Fsp3) is 0.538. The van der Waals surface area contributed by atoms with Crippen LogP contribution in [0.4, 0.5) is 0 Å². The standard InChI is InChI=1S/C13H18BrClO2/c1-3-16-12-8-10(6-5-7-14)11(15)9-13(12)17-4-2/h8-9H,3-7H2,1-2H3. The second-order valence-electron chi connectivity index (χ2n) is 3.55. The van der Waals surface area contributed by atoms with Crippen LogP contribution in [0.2, 0.25) is 5.02 Å². The number of hydrogen-bond donors (Lipinski definition) is 0. The molecule has 0 unspecified atom stereocenters. The Hall–Kier alpha value is -0.410. The first-order valence-corrected chi connectivity index (χ1v) is 7.36. The molecule has 0 fully saturated rings. The number of aryl methyl sites for hydroxylation is 1. The summed E-state index contributed by atoms with van der Waals surface area (Å²) in [5.41, 5.74) is 1.11. The van der Waals surface area contributed by atoms with Crippen molar-refractivity contribution in [2.45, 2.75) is 26.7 Å². The summed E-state index contributed by atoms with van der Waals surface area (Å²) < 4.78 is 11.1. The van der Waals surface area contributed by atoms with Crippen LogP contribution in [-0.2, 0) is 6.42 Å². The lowest BCUT2D eigenvalue weighted by Gasteiger charge is -2.13. The van der Waals surface area contributed by atoms with Crippen molar-refractivity contribution in [3.63, 3.8) is 0 Å². The SMILES string of the molecule is CCOc1cc(Cl)c(CCCBr)cc1OCC. The van der Waals surface area contributed by atoms with Crippen molar-refractivity contribution in [1.29, 1.82) is 0 Å².